The summed E-state index contributed by atoms with van der Waals surface area (Å²) in [7, 11) is 2.05. The quantitative estimate of drug-likeness (QED) is 0.845. The van der Waals surface area contributed by atoms with Crippen molar-refractivity contribution in [3.63, 3.8) is 0 Å². The van der Waals surface area contributed by atoms with Gasteiger partial charge in [-0.1, -0.05) is 41.1 Å². The number of rotatable bonds is 1. The van der Waals surface area contributed by atoms with Gasteiger partial charge in [-0.25, -0.2) is 0 Å². The Bertz CT molecular complexity index is 368. The Balaban J connectivity index is 2.42. The van der Waals surface area contributed by atoms with Gasteiger partial charge < -0.3 is 10.0 Å². The molecule has 1 aliphatic rings. The van der Waals surface area contributed by atoms with Crippen LogP contribution in [0.15, 0.2) is 28.7 Å². The van der Waals surface area contributed by atoms with E-state index in [0.717, 1.165) is 16.6 Å². The molecule has 0 aliphatic carbocycles. The van der Waals surface area contributed by atoms with Crippen molar-refractivity contribution < 1.29 is 5.11 Å². The predicted molar refractivity (Wildman–Crippen MR) is 64.7 cm³/mol. The Labute approximate surface area is 99.0 Å². The first-order valence-electron chi connectivity index (χ1n) is 5.20. The molecule has 1 N–H and O–H groups in total. The fourth-order valence-corrected chi connectivity index (χ4v) is 3.04. The smallest absolute Gasteiger partial charge is 0.107 e. The van der Waals surface area contributed by atoms with E-state index in [-0.39, 0.29) is 5.92 Å². The Morgan fingerprint density at radius 1 is 1.47 bits per heavy atom. The molecule has 0 saturated carbocycles. The van der Waals surface area contributed by atoms with E-state index >= 15 is 0 Å². The fourth-order valence-electron chi connectivity index (χ4n) is 2.41. The minimum Gasteiger partial charge on any atom is -0.383 e. The van der Waals surface area contributed by atoms with E-state index in [0.29, 0.717) is 6.54 Å². The van der Waals surface area contributed by atoms with E-state index in [4.69, 9.17) is 0 Å². The zero-order chi connectivity index (χ0) is 11.1. The summed E-state index contributed by atoms with van der Waals surface area (Å²) in [5.74, 6) is 0.265. The maximum Gasteiger partial charge on any atom is 0.107 e. The molecule has 2 atom stereocenters. The number of hydrogen-bond acceptors (Lipinski definition) is 2. The van der Waals surface area contributed by atoms with E-state index in [1.807, 2.05) is 31.3 Å². The third-order valence-corrected chi connectivity index (χ3v) is 3.94. The zero-order valence-corrected chi connectivity index (χ0v) is 10.7. The molecule has 1 heterocycles. The summed E-state index contributed by atoms with van der Waals surface area (Å²) in [6.07, 6.45) is 0. The highest BCUT2D eigenvalue weighted by Crippen LogP contribution is 2.39. The molecule has 2 nitrogen and oxygen atoms in total. The summed E-state index contributed by atoms with van der Waals surface area (Å²) in [5, 5.41) is 10.7. The molecule has 0 aromatic heterocycles. The fraction of sp³-hybridized carbons (Fsp3) is 0.500. The van der Waals surface area contributed by atoms with Gasteiger partial charge in [0.15, 0.2) is 0 Å². The number of hydrogen-bond donors (Lipinski definition) is 1. The molecule has 1 aromatic carbocycles. The van der Waals surface area contributed by atoms with Gasteiger partial charge in [-0.15, -0.1) is 0 Å². The zero-order valence-electron chi connectivity index (χ0n) is 9.07. The van der Waals surface area contributed by atoms with Crippen LogP contribution >= 0.6 is 15.9 Å². The van der Waals surface area contributed by atoms with Gasteiger partial charge in [-0.2, -0.15) is 0 Å². The third-order valence-electron chi connectivity index (χ3n) is 3.25. The van der Waals surface area contributed by atoms with Gasteiger partial charge >= 0.3 is 0 Å². The maximum atomic E-state index is 10.7. The van der Waals surface area contributed by atoms with Crippen molar-refractivity contribution in [3.05, 3.63) is 34.3 Å². The van der Waals surface area contributed by atoms with E-state index in [2.05, 4.69) is 27.8 Å². The number of likely N-dealkylation sites (tertiary alicyclic amines) is 1. The van der Waals surface area contributed by atoms with Gasteiger partial charge in [0, 0.05) is 23.5 Å². The second-order valence-electron chi connectivity index (χ2n) is 4.50. The molecule has 1 saturated heterocycles. The summed E-state index contributed by atoms with van der Waals surface area (Å²) in [6.45, 7) is 3.75. The van der Waals surface area contributed by atoms with Gasteiger partial charge in [-0.3, -0.25) is 0 Å². The van der Waals surface area contributed by atoms with Crippen LogP contribution in [0, 0.1) is 5.92 Å². The summed E-state index contributed by atoms with van der Waals surface area (Å²) >= 11 is 3.51. The average molecular weight is 270 g/mol. The van der Waals surface area contributed by atoms with Gasteiger partial charge in [0.1, 0.15) is 5.60 Å². The summed E-state index contributed by atoms with van der Waals surface area (Å²) in [4.78, 5) is 2.17. The van der Waals surface area contributed by atoms with Gasteiger partial charge in [0.05, 0.1) is 0 Å². The normalized spacial score (nSPS) is 32.1. The molecule has 0 spiro atoms. The lowest BCUT2D eigenvalue weighted by Crippen LogP contribution is -2.34. The third kappa shape index (κ3) is 1.84. The van der Waals surface area contributed by atoms with Crippen LogP contribution in [0.25, 0.3) is 0 Å². The molecule has 0 unspecified atom stereocenters. The number of aliphatic hydroxyl groups is 1. The summed E-state index contributed by atoms with van der Waals surface area (Å²) in [6, 6.07) is 7.93. The topological polar surface area (TPSA) is 23.5 Å². The lowest BCUT2D eigenvalue weighted by Gasteiger charge is -2.28. The molecule has 82 valence electrons. The first kappa shape index (κ1) is 11.1. The Hall–Kier alpha value is -0.380. The van der Waals surface area contributed by atoms with Crippen molar-refractivity contribution >= 4 is 15.9 Å². The lowest BCUT2D eigenvalue weighted by atomic mass is 9.85. The Morgan fingerprint density at radius 2 is 2.13 bits per heavy atom. The molecule has 0 amide bonds. The van der Waals surface area contributed by atoms with Crippen LogP contribution in [-0.2, 0) is 5.60 Å². The minimum atomic E-state index is -0.713. The molecule has 15 heavy (non-hydrogen) atoms. The van der Waals surface area contributed by atoms with Crippen LogP contribution < -0.4 is 0 Å². The number of benzene rings is 1. The first-order valence-corrected chi connectivity index (χ1v) is 5.99. The number of nitrogens with zero attached hydrogens (tertiary/aromatic N) is 1. The highest BCUT2D eigenvalue weighted by atomic mass is 79.9. The van der Waals surface area contributed by atoms with Gasteiger partial charge in [-0.05, 0) is 18.7 Å². The SMILES string of the molecule is C[C@@H]1CN(C)C[C@@]1(O)c1ccccc1Br. The van der Waals surface area contributed by atoms with E-state index < -0.39 is 5.60 Å². The molecule has 1 aliphatic heterocycles. The van der Waals surface area contributed by atoms with Crippen molar-refractivity contribution in [3.8, 4) is 0 Å². The molecule has 2 rings (SSSR count). The minimum absolute atomic E-state index is 0.265. The molecular weight excluding hydrogens is 254 g/mol. The first-order chi connectivity index (χ1) is 7.04. The predicted octanol–water partition coefficient (Wildman–Crippen LogP) is 2.22. The largest absolute Gasteiger partial charge is 0.383 e. The van der Waals surface area contributed by atoms with Crippen molar-refractivity contribution in [1.29, 1.82) is 0 Å². The van der Waals surface area contributed by atoms with Crippen LogP contribution in [0.3, 0.4) is 0 Å². The molecule has 0 radical (unpaired) electrons. The average Bonchev–Trinajstić information content (AvgIpc) is 2.42. The monoisotopic (exact) mass is 269 g/mol. The standard InChI is InChI=1S/C12H16BrNO/c1-9-7-14(2)8-12(9,15)10-5-3-4-6-11(10)13/h3-6,9,15H,7-8H2,1-2H3/t9-,12+/m1/s1. The molecule has 1 fully saturated rings. The molecule has 3 heteroatoms. The number of halogens is 1. The molecule has 1 aromatic rings. The van der Waals surface area contributed by atoms with Gasteiger partial charge in [0.2, 0.25) is 0 Å². The van der Waals surface area contributed by atoms with Gasteiger partial charge in [0.25, 0.3) is 0 Å². The maximum absolute atomic E-state index is 10.7. The van der Waals surface area contributed by atoms with E-state index in [1.165, 1.54) is 0 Å². The Kier molecular flexibility index (Phi) is 2.88. The van der Waals surface area contributed by atoms with Crippen LogP contribution in [0.5, 0.6) is 0 Å². The van der Waals surface area contributed by atoms with E-state index in [9.17, 15) is 5.11 Å². The highest BCUT2D eigenvalue weighted by Gasteiger charge is 2.43. The number of β-amino-alcohol motifs (C(OH)–C–C–N with tert-alkyl or cyclic N) is 1. The van der Waals surface area contributed by atoms with Crippen LogP contribution in [0.1, 0.15) is 12.5 Å². The van der Waals surface area contributed by atoms with Crippen molar-refractivity contribution in [1.82, 2.24) is 4.90 Å². The van der Waals surface area contributed by atoms with Crippen LogP contribution in [0.4, 0.5) is 0 Å². The lowest BCUT2D eigenvalue weighted by molar-refractivity contribution is 0.0139. The van der Waals surface area contributed by atoms with Crippen molar-refractivity contribution in [2.75, 3.05) is 20.1 Å². The second-order valence-corrected chi connectivity index (χ2v) is 5.36. The number of likely N-dealkylation sites (N-methyl/N-ethyl adjacent to an activating group) is 1. The highest BCUT2D eigenvalue weighted by molar-refractivity contribution is 9.10. The second kappa shape index (κ2) is 3.89. The summed E-state index contributed by atoms with van der Waals surface area (Å²) < 4.78 is 0.995. The summed E-state index contributed by atoms with van der Waals surface area (Å²) in [5.41, 5.74) is 0.288. The molecular formula is C12H16BrNO. The Morgan fingerprint density at radius 3 is 2.67 bits per heavy atom. The van der Waals surface area contributed by atoms with Crippen molar-refractivity contribution in [2.24, 2.45) is 5.92 Å². The molecule has 0 bridgehead atoms. The van der Waals surface area contributed by atoms with Crippen LogP contribution in [0.2, 0.25) is 0 Å². The van der Waals surface area contributed by atoms with E-state index in [1.54, 1.807) is 0 Å². The van der Waals surface area contributed by atoms with Crippen LogP contribution in [-0.4, -0.2) is 30.1 Å². The van der Waals surface area contributed by atoms with Crippen molar-refractivity contribution in [2.45, 2.75) is 12.5 Å².